The molecule has 2 aromatic rings. The number of likely N-dealkylation sites (tertiary alicyclic amines) is 1. The molecule has 4 nitrogen and oxygen atoms in total. The summed E-state index contributed by atoms with van der Waals surface area (Å²) in [5.41, 5.74) is 5.05. The molecule has 1 saturated heterocycles. The van der Waals surface area contributed by atoms with Crippen LogP contribution in [-0.4, -0.2) is 34.7 Å². The third-order valence-corrected chi connectivity index (χ3v) is 9.48. The number of aromatic nitrogens is 1. The molecular weight excluding hydrogens is 592 g/mol. The summed E-state index contributed by atoms with van der Waals surface area (Å²) in [5, 5.41) is 0.756. The molecule has 1 unspecified atom stereocenters. The second kappa shape index (κ2) is 11.0. The SMILES string of the molecule is O=C1CCCCC1CCC(=O)N1CCC([C@H]2c3ncc(Br)cc3CCc3cc(Cl)cc(Br)c32)CC1. The number of amides is 1. The fourth-order valence-electron chi connectivity index (χ4n) is 6.33. The van der Waals surface area contributed by atoms with Crippen LogP contribution < -0.4 is 0 Å². The Balaban J connectivity index is 1.33. The van der Waals surface area contributed by atoms with Crippen LogP contribution in [0.3, 0.4) is 0 Å². The standard InChI is InChI=1S/C28H31Br2ClN2O2/c29-21-13-20-6-5-19-14-22(31)15-23(30)26(19)27(28(20)32-16-21)18-9-11-33(12-10-18)25(35)8-7-17-3-1-2-4-24(17)34/h13-18,27H,1-12H2/t17?,27-/m1/s1. The van der Waals surface area contributed by atoms with E-state index in [0.717, 1.165) is 77.7 Å². The van der Waals surface area contributed by atoms with Crippen molar-refractivity contribution in [2.75, 3.05) is 13.1 Å². The molecule has 1 amide bonds. The average molecular weight is 623 g/mol. The lowest BCUT2D eigenvalue weighted by molar-refractivity contribution is -0.133. The minimum absolute atomic E-state index is 0.0961. The zero-order valence-corrected chi connectivity index (χ0v) is 23.8. The van der Waals surface area contributed by atoms with Crippen LogP contribution in [0.2, 0.25) is 5.02 Å². The summed E-state index contributed by atoms with van der Waals surface area (Å²) in [6.45, 7) is 1.54. The third-order valence-electron chi connectivity index (χ3n) is 8.17. The monoisotopic (exact) mass is 620 g/mol. The van der Waals surface area contributed by atoms with E-state index in [1.165, 1.54) is 16.7 Å². The molecule has 2 aliphatic carbocycles. The van der Waals surface area contributed by atoms with Crippen molar-refractivity contribution in [2.24, 2.45) is 11.8 Å². The molecule has 1 aromatic carbocycles. The molecule has 7 heteroatoms. The van der Waals surface area contributed by atoms with E-state index in [9.17, 15) is 9.59 Å². The Labute approximate surface area is 229 Å². The van der Waals surface area contributed by atoms with Crippen molar-refractivity contribution >= 4 is 55.2 Å². The molecule has 2 atom stereocenters. The first-order valence-electron chi connectivity index (χ1n) is 12.8. The Bertz CT molecular complexity index is 1130. The molecule has 0 N–H and O–H groups in total. The fraction of sp³-hybridized carbons (Fsp3) is 0.536. The number of aryl methyl sites for hydroxylation is 2. The number of hydrogen-bond acceptors (Lipinski definition) is 3. The molecule has 2 heterocycles. The van der Waals surface area contributed by atoms with Gasteiger partial charge in [0.2, 0.25) is 5.91 Å². The number of Topliss-reactive ketones (excluding diaryl/α,β-unsaturated/α-hetero) is 1. The Morgan fingerprint density at radius 3 is 2.57 bits per heavy atom. The highest BCUT2D eigenvalue weighted by atomic mass is 79.9. The van der Waals surface area contributed by atoms with Gasteiger partial charge in [0, 0.05) is 57.9 Å². The molecule has 35 heavy (non-hydrogen) atoms. The zero-order valence-electron chi connectivity index (χ0n) is 19.9. The number of pyridine rings is 1. The van der Waals surface area contributed by atoms with Gasteiger partial charge < -0.3 is 4.90 Å². The van der Waals surface area contributed by atoms with Gasteiger partial charge >= 0.3 is 0 Å². The van der Waals surface area contributed by atoms with Crippen LogP contribution in [0.25, 0.3) is 0 Å². The van der Waals surface area contributed by atoms with Crippen LogP contribution >= 0.6 is 43.5 Å². The number of fused-ring (bicyclic) bond motifs is 2. The number of carbonyl (C=O) groups is 2. The molecule has 2 fully saturated rings. The molecule has 1 aliphatic heterocycles. The van der Waals surface area contributed by atoms with E-state index in [1.54, 1.807) is 0 Å². The number of ketones is 1. The third kappa shape index (κ3) is 5.55. The van der Waals surface area contributed by atoms with Gasteiger partial charge in [-0.25, -0.2) is 0 Å². The topological polar surface area (TPSA) is 50.3 Å². The maximum Gasteiger partial charge on any atom is 0.222 e. The zero-order chi connectivity index (χ0) is 24.5. The van der Waals surface area contributed by atoms with Gasteiger partial charge in [0.15, 0.2) is 0 Å². The van der Waals surface area contributed by atoms with E-state index >= 15 is 0 Å². The van der Waals surface area contributed by atoms with E-state index < -0.39 is 0 Å². The largest absolute Gasteiger partial charge is 0.343 e. The number of benzene rings is 1. The molecule has 0 radical (unpaired) electrons. The fourth-order valence-corrected chi connectivity index (χ4v) is 7.83. The van der Waals surface area contributed by atoms with Crippen LogP contribution in [0.15, 0.2) is 33.3 Å². The molecule has 1 aromatic heterocycles. The summed E-state index contributed by atoms with van der Waals surface area (Å²) >= 11 is 13.9. The molecule has 186 valence electrons. The van der Waals surface area contributed by atoms with Crippen LogP contribution in [-0.2, 0) is 22.4 Å². The van der Waals surface area contributed by atoms with E-state index in [0.29, 0.717) is 31.0 Å². The quantitative estimate of drug-likeness (QED) is 0.361. The van der Waals surface area contributed by atoms with Crippen molar-refractivity contribution < 1.29 is 9.59 Å². The number of piperidine rings is 1. The minimum atomic E-state index is 0.0961. The Hall–Kier alpha value is -1.24. The van der Waals surface area contributed by atoms with Gasteiger partial charge in [0.25, 0.3) is 0 Å². The molecule has 1 saturated carbocycles. The van der Waals surface area contributed by atoms with E-state index in [2.05, 4.69) is 44.0 Å². The van der Waals surface area contributed by atoms with Gasteiger partial charge in [0.1, 0.15) is 5.78 Å². The lowest BCUT2D eigenvalue weighted by atomic mass is 9.76. The smallest absolute Gasteiger partial charge is 0.222 e. The summed E-state index contributed by atoms with van der Waals surface area (Å²) in [7, 11) is 0. The van der Waals surface area contributed by atoms with Gasteiger partial charge in [-0.2, -0.15) is 0 Å². The molecular formula is C28H31Br2ClN2O2. The first-order chi connectivity index (χ1) is 16.9. The summed E-state index contributed by atoms with van der Waals surface area (Å²) < 4.78 is 2.06. The second-order valence-corrected chi connectivity index (χ2v) is 12.5. The van der Waals surface area contributed by atoms with Gasteiger partial charge in [-0.05, 0) is 102 Å². The lowest BCUT2D eigenvalue weighted by Crippen LogP contribution is -2.40. The molecule has 5 rings (SSSR count). The van der Waals surface area contributed by atoms with Crippen molar-refractivity contribution in [3.05, 3.63) is 60.7 Å². The van der Waals surface area contributed by atoms with Gasteiger partial charge in [-0.3, -0.25) is 14.6 Å². The molecule has 0 bridgehead atoms. The van der Waals surface area contributed by atoms with Crippen LogP contribution in [0, 0.1) is 11.8 Å². The van der Waals surface area contributed by atoms with Crippen molar-refractivity contribution in [1.82, 2.24) is 9.88 Å². The predicted octanol–water partition coefficient (Wildman–Crippen LogP) is 7.27. The minimum Gasteiger partial charge on any atom is -0.343 e. The van der Waals surface area contributed by atoms with Gasteiger partial charge in [0.05, 0.1) is 5.69 Å². The van der Waals surface area contributed by atoms with Crippen molar-refractivity contribution in [2.45, 2.75) is 70.1 Å². The average Bonchev–Trinajstić information content (AvgIpc) is 3.00. The molecule has 0 spiro atoms. The van der Waals surface area contributed by atoms with Crippen molar-refractivity contribution in [3.8, 4) is 0 Å². The number of halogens is 3. The summed E-state index contributed by atoms with van der Waals surface area (Å²) in [5.74, 6) is 1.25. The maximum atomic E-state index is 13.0. The van der Waals surface area contributed by atoms with E-state index in [-0.39, 0.29) is 17.7 Å². The summed E-state index contributed by atoms with van der Waals surface area (Å²) in [4.78, 5) is 32.1. The van der Waals surface area contributed by atoms with E-state index in [1.807, 2.05) is 17.2 Å². The second-order valence-electron chi connectivity index (χ2n) is 10.3. The normalized spacial score (nSPS) is 22.9. The van der Waals surface area contributed by atoms with Crippen LogP contribution in [0.1, 0.15) is 79.7 Å². The Morgan fingerprint density at radius 1 is 1.03 bits per heavy atom. The van der Waals surface area contributed by atoms with Crippen LogP contribution in [0.5, 0.6) is 0 Å². The van der Waals surface area contributed by atoms with Crippen molar-refractivity contribution in [1.29, 1.82) is 0 Å². The number of carbonyl (C=O) groups excluding carboxylic acids is 2. The summed E-state index contributed by atoms with van der Waals surface area (Å²) in [6, 6.07) is 6.32. The van der Waals surface area contributed by atoms with Crippen LogP contribution in [0.4, 0.5) is 0 Å². The first-order valence-corrected chi connectivity index (χ1v) is 14.8. The van der Waals surface area contributed by atoms with E-state index in [4.69, 9.17) is 16.6 Å². The Kier molecular flexibility index (Phi) is 8.00. The number of nitrogens with zero attached hydrogens (tertiary/aromatic N) is 2. The highest BCUT2D eigenvalue weighted by Gasteiger charge is 2.36. The number of rotatable bonds is 4. The van der Waals surface area contributed by atoms with Crippen molar-refractivity contribution in [3.63, 3.8) is 0 Å². The summed E-state index contributed by atoms with van der Waals surface area (Å²) in [6.07, 6.45) is 10.7. The lowest BCUT2D eigenvalue weighted by Gasteiger charge is -2.37. The molecule has 3 aliphatic rings. The first kappa shape index (κ1) is 25.4. The highest BCUT2D eigenvalue weighted by Crippen LogP contribution is 2.46. The van der Waals surface area contributed by atoms with Gasteiger partial charge in [-0.1, -0.05) is 34.0 Å². The predicted molar refractivity (Wildman–Crippen MR) is 146 cm³/mol. The number of hydrogen-bond donors (Lipinski definition) is 0. The Morgan fingerprint density at radius 2 is 1.80 bits per heavy atom. The highest BCUT2D eigenvalue weighted by molar-refractivity contribution is 9.10. The van der Waals surface area contributed by atoms with Gasteiger partial charge in [-0.15, -0.1) is 0 Å². The maximum absolute atomic E-state index is 13.0.